The van der Waals surface area contributed by atoms with E-state index in [4.69, 9.17) is 21.4 Å². The minimum Gasteiger partial charge on any atom is -0.508 e. The highest BCUT2D eigenvalue weighted by atomic mass is 35.5. The molecule has 43 heavy (non-hydrogen) atoms. The number of aromatic hydroxyl groups is 1. The molecule has 9 nitrogen and oxygen atoms in total. The number of rotatable bonds is 11. The van der Waals surface area contributed by atoms with Crippen LogP contribution in [0.5, 0.6) is 5.75 Å². The van der Waals surface area contributed by atoms with E-state index >= 15 is 0 Å². The summed E-state index contributed by atoms with van der Waals surface area (Å²) in [5, 5.41) is 29.9. The first kappa shape index (κ1) is 31.0. The zero-order valence-electron chi connectivity index (χ0n) is 24.1. The van der Waals surface area contributed by atoms with Crippen LogP contribution in [0, 0.1) is 17.8 Å². The van der Waals surface area contributed by atoms with Gasteiger partial charge in [-0.25, -0.2) is 0 Å². The van der Waals surface area contributed by atoms with Gasteiger partial charge in [0.25, 0.3) is 0 Å². The second-order valence-electron chi connectivity index (χ2n) is 11.7. The molecular formula is C32H36BClN2O7. The third kappa shape index (κ3) is 6.87. The van der Waals surface area contributed by atoms with Gasteiger partial charge in [-0.05, 0) is 104 Å². The number of fused-ring (bicyclic) bond motifs is 3. The van der Waals surface area contributed by atoms with Crippen molar-refractivity contribution in [3.63, 3.8) is 0 Å². The summed E-state index contributed by atoms with van der Waals surface area (Å²) < 4.78 is 6.08. The Bertz CT molecular complexity index is 1450. The Balaban J connectivity index is 1.35. The zero-order valence-corrected chi connectivity index (χ0v) is 24.9. The summed E-state index contributed by atoms with van der Waals surface area (Å²) in [6.07, 6.45) is 6.76. The van der Waals surface area contributed by atoms with E-state index in [1.807, 2.05) is 31.2 Å². The molecule has 0 bridgehead atoms. The Hall–Kier alpha value is -3.47. The van der Waals surface area contributed by atoms with Crippen LogP contribution in [-0.2, 0) is 19.0 Å². The molecule has 1 aliphatic carbocycles. The molecule has 1 aromatic heterocycles. The molecule has 4 atom stereocenters. The summed E-state index contributed by atoms with van der Waals surface area (Å²) in [4.78, 5) is 43.7. The van der Waals surface area contributed by atoms with E-state index in [0.29, 0.717) is 43.5 Å². The second kappa shape index (κ2) is 13.4. The maximum atomic E-state index is 13.6. The fourth-order valence-electron chi connectivity index (χ4n) is 6.86. The van der Waals surface area contributed by atoms with Crippen LogP contribution in [-0.4, -0.2) is 62.7 Å². The van der Waals surface area contributed by atoms with E-state index < -0.39 is 31.0 Å². The molecule has 2 aliphatic heterocycles. The van der Waals surface area contributed by atoms with Gasteiger partial charge < -0.3 is 19.9 Å². The van der Waals surface area contributed by atoms with E-state index in [2.05, 4.69) is 4.98 Å². The van der Waals surface area contributed by atoms with Crippen molar-refractivity contribution in [1.82, 2.24) is 9.88 Å². The number of hydrogen-bond donors (Lipinski definition) is 3. The molecule has 0 spiro atoms. The first-order valence-corrected chi connectivity index (χ1v) is 15.2. The molecule has 3 heterocycles. The number of amides is 2. The zero-order chi connectivity index (χ0) is 30.7. The lowest BCUT2D eigenvalue weighted by molar-refractivity contribution is -0.141. The van der Waals surface area contributed by atoms with Gasteiger partial charge in [-0.2, -0.15) is 0 Å². The number of likely N-dealkylation sites (tertiary alicyclic amines) is 1. The molecule has 0 saturated carbocycles. The van der Waals surface area contributed by atoms with Crippen LogP contribution in [0.3, 0.4) is 0 Å². The number of aromatic nitrogens is 1. The molecule has 3 aliphatic rings. The fraction of sp³-hybridized carbons (Fsp3) is 0.438. The first-order valence-electron chi connectivity index (χ1n) is 14.8. The van der Waals surface area contributed by atoms with Gasteiger partial charge in [0.15, 0.2) is 0 Å². The molecule has 5 rings (SSSR count). The van der Waals surface area contributed by atoms with Crippen molar-refractivity contribution < 1.29 is 34.3 Å². The van der Waals surface area contributed by atoms with Gasteiger partial charge in [0.05, 0.1) is 28.7 Å². The highest BCUT2D eigenvalue weighted by Gasteiger charge is 2.56. The number of aliphatic carboxylic acids is 1. The lowest BCUT2D eigenvalue weighted by atomic mass is 9.58. The van der Waals surface area contributed by atoms with Crippen molar-refractivity contribution in [2.24, 2.45) is 17.8 Å². The van der Waals surface area contributed by atoms with Gasteiger partial charge in [-0.15, -0.1) is 0 Å². The number of carbonyl (C=O) groups is 3. The average molecular weight is 607 g/mol. The molecule has 0 unspecified atom stereocenters. The van der Waals surface area contributed by atoms with Gasteiger partial charge in [0, 0.05) is 19.2 Å². The minimum absolute atomic E-state index is 0.0696. The summed E-state index contributed by atoms with van der Waals surface area (Å²) in [5.41, 5.74) is 4.43. The molecule has 0 radical (unpaired) electrons. The van der Waals surface area contributed by atoms with E-state index in [0.717, 1.165) is 28.0 Å². The van der Waals surface area contributed by atoms with Crippen molar-refractivity contribution >= 4 is 48.2 Å². The Morgan fingerprint density at radius 2 is 1.95 bits per heavy atom. The number of benzene rings is 1. The second-order valence-corrected chi connectivity index (χ2v) is 12.1. The van der Waals surface area contributed by atoms with Crippen LogP contribution in [0.15, 0.2) is 53.7 Å². The van der Waals surface area contributed by atoms with Crippen molar-refractivity contribution in [2.75, 3.05) is 6.54 Å². The number of phenolic OH excluding ortho intramolecular Hbond substituents is 1. The highest BCUT2D eigenvalue weighted by Crippen LogP contribution is 2.50. The normalized spacial score (nSPS) is 23.9. The predicted molar refractivity (Wildman–Crippen MR) is 163 cm³/mol. The van der Waals surface area contributed by atoms with Crippen molar-refractivity contribution in [1.29, 1.82) is 0 Å². The Morgan fingerprint density at radius 1 is 1.14 bits per heavy atom. The Morgan fingerprint density at radius 3 is 2.67 bits per heavy atom. The van der Waals surface area contributed by atoms with Crippen LogP contribution in [0.4, 0.5) is 0 Å². The number of phenols is 1. The molecule has 11 heteroatoms. The summed E-state index contributed by atoms with van der Waals surface area (Å²) >= 11 is 6.41. The SMILES string of the molecule is CC1=C2[C@@H](CC/C(=C/c3ccc(O)cc3Cl)c3ccccn3)OB(O)C[C@@H]2[C@@H]2C(=O)N(CCCCCC(=O)O)C(=O)[C@@H]2C1. The Labute approximate surface area is 256 Å². The smallest absolute Gasteiger partial charge is 0.455 e. The maximum Gasteiger partial charge on any atom is 0.455 e. The topological polar surface area (TPSA) is 137 Å². The Kier molecular flexibility index (Phi) is 9.69. The molecule has 2 saturated heterocycles. The lowest BCUT2D eigenvalue weighted by Gasteiger charge is -2.42. The first-order chi connectivity index (χ1) is 20.6. The molecule has 3 N–H and O–H groups in total. The standard InChI is InChI=1S/C32H36BClN2O7/c1-19-15-23-30(32(41)36(31(23)40)14-6-2-3-8-28(38)39)24-18-33(42)43-27(29(19)24)12-10-21(26-7-4-5-13-35-26)16-20-9-11-22(37)17-25(20)34/h4-5,7,9,11,13,16-17,23-24,27,30,37,42H,2-3,6,8,10,12,14-15,18H2,1H3,(H,38,39)/b21-16-/t23-,24+,27-,30-/m1/s1. The number of halogens is 1. The molecule has 1 aromatic carbocycles. The minimum atomic E-state index is -1.06. The number of unbranched alkanes of at least 4 members (excludes halogenated alkanes) is 2. The van der Waals surface area contributed by atoms with E-state index in [9.17, 15) is 24.5 Å². The number of allylic oxidation sites excluding steroid dienone is 2. The third-order valence-electron chi connectivity index (χ3n) is 8.80. The average Bonchev–Trinajstić information content (AvgIpc) is 3.20. The number of carboxylic acids is 1. The van der Waals surface area contributed by atoms with Crippen molar-refractivity contribution in [3.05, 3.63) is 70.0 Å². The number of imide groups is 1. The number of carbonyl (C=O) groups excluding carboxylic acids is 2. The maximum absolute atomic E-state index is 13.6. The summed E-state index contributed by atoms with van der Waals surface area (Å²) in [6, 6.07) is 10.5. The number of carboxylic acid groups (broad SMARTS) is 1. The fourth-order valence-corrected chi connectivity index (χ4v) is 7.09. The molecular weight excluding hydrogens is 571 g/mol. The van der Waals surface area contributed by atoms with Gasteiger partial charge in [0.2, 0.25) is 11.8 Å². The van der Waals surface area contributed by atoms with Gasteiger partial charge in [-0.3, -0.25) is 24.3 Å². The predicted octanol–water partition coefficient (Wildman–Crippen LogP) is 5.22. The molecule has 226 valence electrons. The van der Waals surface area contributed by atoms with Crippen LogP contribution < -0.4 is 0 Å². The van der Waals surface area contributed by atoms with Crippen molar-refractivity contribution in [3.8, 4) is 5.75 Å². The lowest BCUT2D eigenvalue weighted by Crippen LogP contribution is -2.46. The molecule has 2 fully saturated rings. The highest BCUT2D eigenvalue weighted by molar-refractivity contribution is 6.43. The number of pyridine rings is 1. The van der Waals surface area contributed by atoms with E-state index in [1.54, 1.807) is 18.3 Å². The summed E-state index contributed by atoms with van der Waals surface area (Å²) in [7, 11) is -1.06. The van der Waals surface area contributed by atoms with E-state index in [-0.39, 0.29) is 42.8 Å². The summed E-state index contributed by atoms with van der Waals surface area (Å²) in [5.74, 6) is -2.43. The monoisotopic (exact) mass is 606 g/mol. The summed E-state index contributed by atoms with van der Waals surface area (Å²) in [6.45, 7) is 2.27. The van der Waals surface area contributed by atoms with Gasteiger partial charge >= 0.3 is 13.1 Å². The van der Waals surface area contributed by atoms with Gasteiger partial charge in [0.1, 0.15) is 5.75 Å². The van der Waals surface area contributed by atoms with Crippen LogP contribution in [0.1, 0.15) is 63.1 Å². The van der Waals surface area contributed by atoms with E-state index in [1.165, 1.54) is 11.0 Å². The third-order valence-corrected chi connectivity index (χ3v) is 9.13. The van der Waals surface area contributed by atoms with Crippen LogP contribution in [0.25, 0.3) is 11.6 Å². The molecule has 2 aromatic rings. The van der Waals surface area contributed by atoms with Crippen LogP contribution >= 0.6 is 11.6 Å². The largest absolute Gasteiger partial charge is 0.508 e. The van der Waals surface area contributed by atoms with Gasteiger partial charge in [-0.1, -0.05) is 29.7 Å². The number of hydrogen-bond acceptors (Lipinski definition) is 7. The quantitative estimate of drug-likeness (QED) is 0.137. The molecule has 2 amide bonds. The number of nitrogens with zero attached hydrogens (tertiary/aromatic N) is 2. The van der Waals surface area contributed by atoms with Crippen molar-refractivity contribution in [2.45, 2.75) is 64.3 Å². The van der Waals surface area contributed by atoms with Crippen LogP contribution in [0.2, 0.25) is 11.3 Å².